The molecule has 0 aromatic carbocycles. The van der Waals surface area contributed by atoms with Crippen LogP contribution in [0.1, 0.15) is 36.7 Å². The number of rotatable bonds is 4. The maximum absolute atomic E-state index is 12.6. The summed E-state index contributed by atoms with van der Waals surface area (Å²) in [7, 11) is 1.86. The van der Waals surface area contributed by atoms with E-state index in [2.05, 4.69) is 15.4 Å². The molecule has 0 aliphatic carbocycles. The Kier molecular flexibility index (Phi) is 4.20. The molecule has 0 unspecified atom stereocenters. The number of carbonyl (C=O) groups excluding carboxylic acids is 1. The van der Waals surface area contributed by atoms with Crippen molar-refractivity contribution in [2.24, 2.45) is 13.0 Å². The fraction of sp³-hybridized carbons (Fsp3) is 0.438. The van der Waals surface area contributed by atoms with Crippen LogP contribution >= 0.6 is 0 Å². The summed E-state index contributed by atoms with van der Waals surface area (Å²) in [5.41, 5.74) is 1.80. The summed E-state index contributed by atoms with van der Waals surface area (Å²) in [6.45, 7) is 2.53. The first-order valence-corrected chi connectivity index (χ1v) is 7.46. The van der Waals surface area contributed by atoms with Crippen LogP contribution in [0.5, 0.6) is 0 Å². The molecule has 1 amide bonds. The van der Waals surface area contributed by atoms with Crippen LogP contribution in [0.25, 0.3) is 0 Å². The van der Waals surface area contributed by atoms with Crippen LogP contribution in [0.2, 0.25) is 0 Å². The molecule has 0 bridgehead atoms. The van der Waals surface area contributed by atoms with Crippen molar-refractivity contribution in [3.8, 4) is 0 Å². The molecule has 3 atom stereocenters. The summed E-state index contributed by atoms with van der Waals surface area (Å²) in [6, 6.07) is 5.57. The molecule has 2 aromatic rings. The quantitative estimate of drug-likeness (QED) is 0.934. The summed E-state index contributed by atoms with van der Waals surface area (Å²) < 4.78 is 7.47. The van der Waals surface area contributed by atoms with Gasteiger partial charge in [0.15, 0.2) is 0 Å². The summed E-state index contributed by atoms with van der Waals surface area (Å²) >= 11 is 0. The van der Waals surface area contributed by atoms with Gasteiger partial charge in [-0.3, -0.25) is 14.5 Å². The molecular formula is C16H20N4O2. The predicted octanol–water partition coefficient (Wildman–Crippen LogP) is 1.77. The van der Waals surface area contributed by atoms with E-state index in [0.29, 0.717) is 6.61 Å². The zero-order valence-electron chi connectivity index (χ0n) is 12.8. The number of amides is 1. The van der Waals surface area contributed by atoms with Gasteiger partial charge in [-0.2, -0.15) is 5.10 Å². The largest absolute Gasteiger partial charge is 0.373 e. The lowest BCUT2D eigenvalue weighted by molar-refractivity contribution is -0.127. The van der Waals surface area contributed by atoms with Gasteiger partial charge in [-0.1, -0.05) is 6.07 Å². The third-order valence-corrected chi connectivity index (χ3v) is 3.97. The average molecular weight is 300 g/mol. The van der Waals surface area contributed by atoms with E-state index in [4.69, 9.17) is 4.74 Å². The number of pyridine rings is 1. The summed E-state index contributed by atoms with van der Waals surface area (Å²) in [5, 5.41) is 7.19. The minimum absolute atomic E-state index is 0.00417. The van der Waals surface area contributed by atoms with Crippen LogP contribution < -0.4 is 5.32 Å². The number of hydrogen-bond acceptors (Lipinski definition) is 4. The van der Waals surface area contributed by atoms with Crippen LogP contribution in [0.15, 0.2) is 36.8 Å². The molecule has 2 aromatic heterocycles. The number of nitrogens with zero attached hydrogens (tertiary/aromatic N) is 3. The van der Waals surface area contributed by atoms with Crippen LogP contribution in [0.4, 0.5) is 0 Å². The fourth-order valence-electron chi connectivity index (χ4n) is 2.80. The van der Waals surface area contributed by atoms with E-state index in [9.17, 15) is 4.79 Å². The van der Waals surface area contributed by atoms with Gasteiger partial charge in [-0.15, -0.1) is 0 Å². The van der Waals surface area contributed by atoms with E-state index < -0.39 is 0 Å². The molecular weight excluding hydrogens is 280 g/mol. The number of ether oxygens (including phenoxy) is 1. The van der Waals surface area contributed by atoms with Crippen LogP contribution in [0, 0.1) is 5.92 Å². The van der Waals surface area contributed by atoms with Crippen molar-refractivity contribution in [1.29, 1.82) is 0 Å². The lowest BCUT2D eigenvalue weighted by atomic mass is 9.96. The molecule has 1 N–H and O–H groups in total. The first-order valence-electron chi connectivity index (χ1n) is 7.46. The van der Waals surface area contributed by atoms with Gasteiger partial charge in [0.2, 0.25) is 5.91 Å². The zero-order valence-corrected chi connectivity index (χ0v) is 12.8. The number of nitrogens with one attached hydrogen (secondary N) is 1. The van der Waals surface area contributed by atoms with Crippen LogP contribution in [-0.2, 0) is 16.6 Å². The molecule has 6 heteroatoms. The van der Waals surface area contributed by atoms with Crippen molar-refractivity contribution in [2.75, 3.05) is 6.61 Å². The van der Waals surface area contributed by atoms with E-state index in [-0.39, 0.29) is 24.0 Å². The topological polar surface area (TPSA) is 69.0 Å². The number of carbonyl (C=O) groups is 1. The van der Waals surface area contributed by atoms with Crippen molar-refractivity contribution in [3.63, 3.8) is 0 Å². The molecule has 3 rings (SSSR count). The van der Waals surface area contributed by atoms with E-state index in [1.54, 1.807) is 17.1 Å². The van der Waals surface area contributed by atoms with E-state index in [1.165, 1.54) is 0 Å². The highest BCUT2D eigenvalue weighted by Gasteiger charge is 2.36. The third-order valence-electron chi connectivity index (χ3n) is 3.97. The monoisotopic (exact) mass is 300 g/mol. The Morgan fingerprint density at radius 3 is 3.05 bits per heavy atom. The van der Waals surface area contributed by atoms with Crippen molar-refractivity contribution < 1.29 is 9.53 Å². The molecule has 116 valence electrons. The molecule has 1 aliphatic heterocycles. The van der Waals surface area contributed by atoms with Gasteiger partial charge in [-0.25, -0.2) is 0 Å². The third kappa shape index (κ3) is 3.01. The highest BCUT2D eigenvalue weighted by atomic mass is 16.5. The summed E-state index contributed by atoms with van der Waals surface area (Å²) in [5.74, 6) is -0.181. The molecule has 0 spiro atoms. The molecule has 22 heavy (non-hydrogen) atoms. The Morgan fingerprint density at radius 1 is 1.50 bits per heavy atom. The Bertz CT molecular complexity index is 641. The first-order chi connectivity index (χ1) is 10.6. The van der Waals surface area contributed by atoms with Crippen LogP contribution in [-0.4, -0.2) is 27.3 Å². The van der Waals surface area contributed by atoms with Gasteiger partial charge in [0, 0.05) is 31.6 Å². The van der Waals surface area contributed by atoms with Gasteiger partial charge in [0.05, 0.1) is 30.0 Å². The molecule has 0 saturated carbocycles. The van der Waals surface area contributed by atoms with E-state index in [1.807, 2.05) is 38.4 Å². The van der Waals surface area contributed by atoms with Crippen molar-refractivity contribution in [1.82, 2.24) is 20.1 Å². The van der Waals surface area contributed by atoms with Crippen molar-refractivity contribution in [3.05, 3.63) is 48.0 Å². The Labute approximate surface area is 129 Å². The van der Waals surface area contributed by atoms with E-state index in [0.717, 1.165) is 17.7 Å². The maximum Gasteiger partial charge on any atom is 0.226 e. The average Bonchev–Trinajstić information content (AvgIpc) is 3.16. The zero-order chi connectivity index (χ0) is 15.5. The van der Waals surface area contributed by atoms with Gasteiger partial charge in [0.25, 0.3) is 0 Å². The second-order valence-corrected chi connectivity index (χ2v) is 5.62. The number of aromatic nitrogens is 3. The number of aryl methyl sites for hydroxylation is 1. The highest BCUT2D eigenvalue weighted by molar-refractivity contribution is 5.80. The second-order valence-electron chi connectivity index (χ2n) is 5.62. The van der Waals surface area contributed by atoms with Gasteiger partial charge in [0.1, 0.15) is 0 Å². The van der Waals surface area contributed by atoms with Crippen molar-refractivity contribution >= 4 is 5.91 Å². The standard InChI is InChI=1S/C16H20N4O2/c1-11(14-5-3-4-7-17-14)19-16(21)13-6-8-22-15(13)12-9-18-20(2)10-12/h3-5,7,9-11,13,15H,6,8H2,1-2H3,(H,19,21)/t11-,13-,15+/m0/s1. The molecule has 1 fully saturated rings. The molecule has 1 aliphatic rings. The van der Waals surface area contributed by atoms with Crippen LogP contribution in [0.3, 0.4) is 0 Å². The Hall–Kier alpha value is -2.21. The summed E-state index contributed by atoms with van der Waals surface area (Å²) in [4.78, 5) is 16.9. The number of hydrogen-bond donors (Lipinski definition) is 1. The normalized spacial score (nSPS) is 22.5. The lowest BCUT2D eigenvalue weighted by Crippen LogP contribution is -2.34. The highest BCUT2D eigenvalue weighted by Crippen LogP contribution is 2.34. The Balaban J connectivity index is 1.69. The van der Waals surface area contributed by atoms with Gasteiger partial charge < -0.3 is 10.1 Å². The first kappa shape index (κ1) is 14.7. The van der Waals surface area contributed by atoms with E-state index >= 15 is 0 Å². The fourth-order valence-corrected chi connectivity index (χ4v) is 2.80. The second kappa shape index (κ2) is 6.27. The Morgan fingerprint density at radius 2 is 2.36 bits per heavy atom. The minimum atomic E-state index is -0.218. The SMILES string of the molecule is C[C@H](NC(=O)[C@H]1CCO[C@@H]1c1cnn(C)c1)c1ccccn1. The predicted molar refractivity (Wildman–Crippen MR) is 80.8 cm³/mol. The maximum atomic E-state index is 12.6. The molecule has 3 heterocycles. The lowest BCUT2D eigenvalue weighted by Gasteiger charge is -2.20. The summed E-state index contributed by atoms with van der Waals surface area (Å²) in [6.07, 6.45) is 5.90. The molecule has 6 nitrogen and oxygen atoms in total. The molecule has 0 radical (unpaired) electrons. The van der Waals surface area contributed by atoms with Crippen molar-refractivity contribution in [2.45, 2.75) is 25.5 Å². The molecule has 1 saturated heterocycles. The van der Waals surface area contributed by atoms with Gasteiger partial charge in [-0.05, 0) is 25.5 Å². The van der Waals surface area contributed by atoms with Gasteiger partial charge >= 0.3 is 0 Å². The smallest absolute Gasteiger partial charge is 0.226 e. The minimum Gasteiger partial charge on any atom is -0.373 e.